The summed E-state index contributed by atoms with van der Waals surface area (Å²) in [6.07, 6.45) is 1.52. The molecule has 0 saturated carbocycles. The van der Waals surface area contributed by atoms with Crippen LogP contribution in [0.3, 0.4) is 0 Å². The van der Waals surface area contributed by atoms with Crippen molar-refractivity contribution < 1.29 is 9.59 Å². The van der Waals surface area contributed by atoms with E-state index in [1.165, 1.54) is 6.21 Å². The molecule has 1 heterocycles. The van der Waals surface area contributed by atoms with Crippen molar-refractivity contribution in [2.24, 2.45) is 5.10 Å². The molecule has 0 spiro atoms. The zero-order valence-corrected chi connectivity index (χ0v) is 17.4. The van der Waals surface area contributed by atoms with Crippen LogP contribution in [-0.4, -0.2) is 28.2 Å². The summed E-state index contributed by atoms with van der Waals surface area (Å²) in [5.74, 6) is -0.639. The molecule has 3 rings (SSSR count). The lowest BCUT2D eigenvalue weighted by molar-refractivity contribution is -0.120. The molecule has 2 N–H and O–H groups in total. The number of carbonyl (C=O) groups excluding carboxylic acids is 2. The van der Waals surface area contributed by atoms with E-state index in [4.69, 9.17) is 11.6 Å². The Morgan fingerprint density at radius 3 is 2.54 bits per heavy atom. The Balaban J connectivity index is 1.50. The number of halogens is 2. The molecule has 142 valence electrons. The molecule has 0 unspecified atom stereocenters. The number of hydrazone groups is 1. The van der Waals surface area contributed by atoms with E-state index in [0.717, 1.165) is 21.4 Å². The van der Waals surface area contributed by atoms with E-state index in [1.807, 2.05) is 0 Å². The maximum atomic E-state index is 12.2. The van der Waals surface area contributed by atoms with Crippen molar-refractivity contribution in [1.82, 2.24) is 15.6 Å². The van der Waals surface area contributed by atoms with E-state index in [2.05, 4.69) is 42.0 Å². The van der Waals surface area contributed by atoms with E-state index in [-0.39, 0.29) is 18.2 Å². The van der Waals surface area contributed by atoms with Crippen molar-refractivity contribution in [2.45, 2.75) is 6.42 Å². The zero-order chi connectivity index (χ0) is 19.9. The summed E-state index contributed by atoms with van der Waals surface area (Å²) >= 11 is 10.3. The highest BCUT2D eigenvalue weighted by Crippen LogP contribution is 2.17. The summed E-state index contributed by atoms with van der Waals surface area (Å²) in [5.41, 5.74) is 3.72. The van der Waals surface area contributed by atoms with Crippen molar-refractivity contribution in [1.29, 1.82) is 0 Å². The highest BCUT2D eigenvalue weighted by Gasteiger charge is 2.12. The maximum absolute atomic E-state index is 12.2. The molecule has 28 heavy (non-hydrogen) atoms. The van der Waals surface area contributed by atoms with E-state index in [0.29, 0.717) is 20.7 Å². The Kier molecular flexibility index (Phi) is 6.85. The first-order valence-electron chi connectivity index (χ1n) is 7.96. The number of anilines is 1. The largest absolute Gasteiger partial charge is 0.296 e. The topological polar surface area (TPSA) is 96.3 Å². The molecule has 0 radical (unpaired) electrons. The van der Waals surface area contributed by atoms with Gasteiger partial charge in [0.2, 0.25) is 11.0 Å². The van der Waals surface area contributed by atoms with Gasteiger partial charge in [0.05, 0.1) is 12.6 Å². The van der Waals surface area contributed by atoms with Gasteiger partial charge in [-0.2, -0.15) is 5.10 Å². The van der Waals surface area contributed by atoms with Crippen LogP contribution < -0.4 is 10.7 Å². The second kappa shape index (κ2) is 9.54. The second-order valence-corrected chi connectivity index (χ2v) is 7.90. The first-order chi connectivity index (χ1) is 13.5. The standard InChI is InChI=1S/C18H13BrClN5O2S/c19-13-5-3-12(4-6-13)17(27)22-18-25-24-16(28-18)9-15(26)23-21-10-11-1-7-14(20)8-2-11/h1-8,10H,9H2,(H,23,26)(H,22,25,27)/b21-10-. The summed E-state index contributed by atoms with van der Waals surface area (Å²) in [4.78, 5) is 24.1. The van der Waals surface area contributed by atoms with Crippen molar-refractivity contribution in [3.8, 4) is 0 Å². The molecule has 2 amide bonds. The highest BCUT2D eigenvalue weighted by atomic mass is 79.9. The van der Waals surface area contributed by atoms with Gasteiger partial charge in [-0.15, -0.1) is 10.2 Å². The third-order valence-electron chi connectivity index (χ3n) is 3.38. The van der Waals surface area contributed by atoms with Gasteiger partial charge in [-0.25, -0.2) is 5.43 Å². The van der Waals surface area contributed by atoms with E-state index in [9.17, 15) is 9.59 Å². The Morgan fingerprint density at radius 2 is 1.82 bits per heavy atom. The summed E-state index contributed by atoms with van der Waals surface area (Å²) < 4.78 is 0.881. The number of hydrogen-bond donors (Lipinski definition) is 2. The van der Waals surface area contributed by atoms with E-state index >= 15 is 0 Å². The zero-order valence-electron chi connectivity index (χ0n) is 14.2. The lowest BCUT2D eigenvalue weighted by Crippen LogP contribution is -2.19. The Bertz CT molecular complexity index is 1010. The minimum absolute atomic E-state index is 0.00375. The molecule has 2 aromatic carbocycles. The third-order valence-corrected chi connectivity index (χ3v) is 5.00. The quantitative estimate of drug-likeness (QED) is 0.415. The lowest BCUT2D eigenvalue weighted by atomic mass is 10.2. The molecule has 0 fully saturated rings. The normalized spacial score (nSPS) is 10.8. The first-order valence-corrected chi connectivity index (χ1v) is 9.95. The van der Waals surface area contributed by atoms with Crippen LogP contribution in [0.2, 0.25) is 5.02 Å². The molecule has 0 bridgehead atoms. The van der Waals surface area contributed by atoms with Gasteiger partial charge in [-0.1, -0.05) is 51.0 Å². The molecule has 0 atom stereocenters. The summed E-state index contributed by atoms with van der Waals surface area (Å²) in [7, 11) is 0. The highest BCUT2D eigenvalue weighted by molar-refractivity contribution is 9.10. The number of rotatable bonds is 6. The van der Waals surface area contributed by atoms with Crippen LogP contribution in [0.1, 0.15) is 20.9 Å². The number of aromatic nitrogens is 2. The van der Waals surface area contributed by atoms with E-state index < -0.39 is 0 Å². The van der Waals surface area contributed by atoms with Crippen molar-refractivity contribution in [3.05, 3.63) is 74.2 Å². The summed E-state index contributed by atoms with van der Waals surface area (Å²) in [6, 6.07) is 13.9. The average molecular weight is 479 g/mol. The molecular formula is C18H13BrClN5O2S. The SMILES string of the molecule is O=C(Cc1nnc(NC(=O)c2ccc(Br)cc2)s1)N/N=C\c1ccc(Cl)cc1. The van der Waals surface area contributed by atoms with Gasteiger partial charge in [-0.05, 0) is 42.0 Å². The average Bonchev–Trinajstić information content (AvgIpc) is 3.10. The minimum atomic E-state index is -0.341. The fraction of sp³-hybridized carbons (Fsp3) is 0.0556. The maximum Gasteiger partial charge on any atom is 0.257 e. The smallest absolute Gasteiger partial charge is 0.257 e. The third kappa shape index (κ3) is 5.95. The molecule has 0 aliphatic heterocycles. The molecule has 7 nitrogen and oxygen atoms in total. The summed E-state index contributed by atoms with van der Waals surface area (Å²) in [5, 5.41) is 15.7. The number of hydrogen-bond acceptors (Lipinski definition) is 6. The number of nitrogens with one attached hydrogen (secondary N) is 2. The monoisotopic (exact) mass is 477 g/mol. The van der Waals surface area contributed by atoms with Gasteiger partial charge in [-0.3, -0.25) is 14.9 Å². The van der Waals surface area contributed by atoms with Gasteiger partial charge in [0.25, 0.3) is 5.91 Å². The van der Waals surface area contributed by atoms with Gasteiger partial charge < -0.3 is 0 Å². The number of amides is 2. The minimum Gasteiger partial charge on any atom is -0.296 e. The van der Waals surface area contributed by atoms with E-state index in [1.54, 1.807) is 48.5 Å². The molecule has 10 heteroatoms. The Hall–Kier alpha value is -2.62. The fourth-order valence-electron chi connectivity index (χ4n) is 2.05. The van der Waals surface area contributed by atoms with Gasteiger partial charge in [0.1, 0.15) is 5.01 Å². The van der Waals surface area contributed by atoms with Crippen LogP contribution in [0, 0.1) is 0 Å². The summed E-state index contributed by atoms with van der Waals surface area (Å²) in [6.45, 7) is 0. The van der Waals surface area contributed by atoms with Gasteiger partial charge >= 0.3 is 0 Å². The van der Waals surface area contributed by atoms with Crippen LogP contribution in [0.25, 0.3) is 0 Å². The Morgan fingerprint density at radius 1 is 1.11 bits per heavy atom. The molecule has 0 aliphatic rings. The first kappa shape index (κ1) is 20.1. The van der Waals surface area contributed by atoms with Crippen molar-refractivity contribution >= 4 is 62.0 Å². The molecule has 1 aromatic heterocycles. The van der Waals surface area contributed by atoms with Gasteiger partial charge in [0, 0.05) is 15.1 Å². The van der Waals surface area contributed by atoms with Crippen LogP contribution in [0.15, 0.2) is 58.1 Å². The molecule has 3 aromatic rings. The van der Waals surface area contributed by atoms with Crippen LogP contribution >= 0.6 is 38.9 Å². The predicted molar refractivity (Wildman–Crippen MR) is 113 cm³/mol. The number of benzene rings is 2. The molecule has 0 saturated heterocycles. The van der Waals surface area contributed by atoms with Gasteiger partial charge in [0.15, 0.2) is 0 Å². The fourth-order valence-corrected chi connectivity index (χ4v) is 3.17. The second-order valence-electron chi connectivity index (χ2n) is 5.48. The van der Waals surface area contributed by atoms with Crippen molar-refractivity contribution in [3.63, 3.8) is 0 Å². The lowest BCUT2D eigenvalue weighted by Gasteiger charge is -2.00. The molecular weight excluding hydrogens is 466 g/mol. The number of nitrogens with zero attached hydrogens (tertiary/aromatic N) is 3. The van der Waals surface area contributed by atoms with Crippen molar-refractivity contribution in [2.75, 3.05) is 5.32 Å². The van der Waals surface area contributed by atoms with Crippen LogP contribution in [0.5, 0.6) is 0 Å². The Labute approximate surface area is 178 Å². The van der Waals surface area contributed by atoms with Crippen LogP contribution in [-0.2, 0) is 11.2 Å². The van der Waals surface area contributed by atoms with Crippen LogP contribution in [0.4, 0.5) is 5.13 Å². The predicted octanol–water partition coefficient (Wildman–Crippen LogP) is 3.90. The molecule has 0 aliphatic carbocycles. The number of carbonyl (C=O) groups is 2.